The Hall–Kier alpha value is -2.38. The highest BCUT2D eigenvalue weighted by Crippen LogP contribution is 2.36. The molecule has 1 aromatic heterocycles. The largest absolute Gasteiger partial charge is 0.356 e. The van der Waals surface area contributed by atoms with Gasteiger partial charge in [-0.1, -0.05) is 18.2 Å². The number of rotatable bonds is 6. The van der Waals surface area contributed by atoms with Crippen LogP contribution < -0.4 is 16.0 Å². The second-order valence-corrected chi connectivity index (χ2v) is 8.41. The van der Waals surface area contributed by atoms with Gasteiger partial charge in [0, 0.05) is 43.7 Å². The normalized spacial score (nSPS) is 20.3. The van der Waals surface area contributed by atoms with Gasteiger partial charge in [0.25, 0.3) is 5.91 Å². The Balaban J connectivity index is 1.57. The number of aliphatic imine (C=N–C) groups is 1. The van der Waals surface area contributed by atoms with E-state index in [-0.39, 0.29) is 5.91 Å². The molecule has 2 heterocycles. The summed E-state index contributed by atoms with van der Waals surface area (Å²) in [6, 6.07) is 12.5. The number of amides is 1. The van der Waals surface area contributed by atoms with E-state index in [1.165, 1.54) is 17.7 Å². The molecule has 0 radical (unpaired) electrons. The molecule has 0 saturated carbocycles. The second-order valence-electron chi connectivity index (χ2n) is 7.43. The van der Waals surface area contributed by atoms with E-state index >= 15 is 0 Å². The molecule has 2 unspecified atom stereocenters. The van der Waals surface area contributed by atoms with E-state index in [0.717, 1.165) is 24.6 Å². The molecule has 2 aromatic rings. The summed E-state index contributed by atoms with van der Waals surface area (Å²) in [5.41, 5.74) is 1.71. The molecule has 1 amide bonds. The standard InChI is InChI=1S/C22H31N5OS/c1-23-21(28)17-8-4-7-16(13-17)14-25-22(24-2)26-15-18-9-5-11-27(3)20(18)19-10-6-12-29-19/h4,6-8,10,12-13,18,20H,5,9,11,14-15H2,1-3H3,(H,23,28)(H2,24,25,26). The minimum atomic E-state index is -0.0737. The first-order valence-corrected chi connectivity index (χ1v) is 11.0. The predicted molar refractivity (Wildman–Crippen MR) is 120 cm³/mol. The summed E-state index contributed by atoms with van der Waals surface area (Å²) in [5, 5.41) is 11.7. The maximum absolute atomic E-state index is 11.8. The molecule has 0 aliphatic carbocycles. The molecule has 6 nitrogen and oxygen atoms in total. The molecule has 1 aromatic carbocycles. The smallest absolute Gasteiger partial charge is 0.251 e. The highest BCUT2D eigenvalue weighted by Gasteiger charge is 2.31. The van der Waals surface area contributed by atoms with Crippen LogP contribution in [0.25, 0.3) is 0 Å². The van der Waals surface area contributed by atoms with E-state index in [2.05, 4.69) is 50.4 Å². The van der Waals surface area contributed by atoms with E-state index in [4.69, 9.17) is 0 Å². The third-order valence-corrected chi connectivity index (χ3v) is 6.42. The molecule has 29 heavy (non-hydrogen) atoms. The van der Waals surface area contributed by atoms with Gasteiger partial charge in [0.2, 0.25) is 0 Å². The van der Waals surface area contributed by atoms with Crippen LogP contribution in [0.4, 0.5) is 0 Å². The molecule has 0 bridgehead atoms. The van der Waals surface area contributed by atoms with E-state index in [1.807, 2.05) is 35.6 Å². The third-order valence-electron chi connectivity index (χ3n) is 5.47. The van der Waals surface area contributed by atoms with Crippen LogP contribution in [0.3, 0.4) is 0 Å². The zero-order valence-corrected chi connectivity index (χ0v) is 18.3. The van der Waals surface area contributed by atoms with Gasteiger partial charge in [-0.15, -0.1) is 11.3 Å². The van der Waals surface area contributed by atoms with Gasteiger partial charge < -0.3 is 16.0 Å². The van der Waals surface area contributed by atoms with Crippen LogP contribution in [0.2, 0.25) is 0 Å². The molecule has 0 spiro atoms. The Morgan fingerprint density at radius 3 is 2.86 bits per heavy atom. The highest BCUT2D eigenvalue weighted by atomic mass is 32.1. The lowest BCUT2D eigenvalue weighted by Gasteiger charge is -2.39. The molecule has 3 rings (SSSR count). The Labute approximate surface area is 177 Å². The fraction of sp³-hybridized carbons (Fsp3) is 0.455. The number of nitrogens with one attached hydrogen (secondary N) is 3. The fourth-order valence-electron chi connectivity index (χ4n) is 3.98. The average molecular weight is 414 g/mol. The van der Waals surface area contributed by atoms with Gasteiger partial charge in [-0.05, 0) is 61.5 Å². The molecule has 1 aliphatic rings. The first-order chi connectivity index (χ1) is 14.1. The second kappa shape index (κ2) is 10.4. The van der Waals surface area contributed by atoms with Crippen molar-refractivity contribution in [2.45, 2.75) is 25.4 Å². The summed E-state index contributed by atoms with van der Waals surface area (Å²) in [7, 11) is 5.66. The van der Waals surface area contributed by atoms with E-state index in [9.17, 15) is 4.79 Å². The van der Waals surface area contributed by atoms with Crippen LogP contribution in [0, 0.1) is 5.92 Å². The van der Waals surface area contributed by atoms with Crippen molar-refractivity contribution in [3.05, 3.63) is 57.8 Å². The Morgan fingerprint density at radius 1 is 1.28 bits per heavy atom. The molecule has 1 saturated heterocycles. The first-order valence-electron chi connectivity index (χ1n) is 10.1. The van der Waals surface area contributed by atoms with Crippen molar-refractivity contribution >= 4 is 23.2 Å². The Bertz CT molecular complexity index is 820. The van der Waals surface area contributed by atoms with E-state index < -0.39 is 0 Å². The number of hydrogen-bond donors (Lipinski definition) is 3. The molecule has 1 aliphatic heterocycles. The third kappa shape index (κ3) is 5.58. The number of benzene rings is 1. The van der Waals surface area contributed by atoms with Crippen LogP contribution in [0.5, 0.6) is 0 Å². The van der Waals surface area contributed by atoms with Crippen molar-refractivity contribution in [3.8, 4) is 0 Å². The van der Waals surface area contributed by atoms with Gasteiger partial charge in [-0.2, -0.15) is 0 Å². The van der Waals surface area contributed by atoms with Gasteiger partial charge in [-0.3, -0.25) is 14.7 Å². The van der Waals surface area contributed by atoms with Crippen molar-refractivity contribution in [3.63, 3.8) is 0 Å². The van der Waals surface area contributed by atoms with Crippen molar-refractivity contribution in [2.24, 2.45) is 10.9 Å². The molecular weight excluding hydrogens is 382 g/mol. The maximum Gasteiger partial charge on any atom is 0.251 e. The molecule has 2 atom stereocenters. The van der Waals surface area contributed by atoms with Gasteiger partial charge >= 0.3 is 0 Å². The van der Waals surface area contributed by atoms with Crippen molar-refractivity contribution in [1.82, 2.24) is 20.9 Å². The van der Waals surface area contributed by atoms with Crippen LogP contribution in [0.15, 0.2) is 46.8 Å². The quantitative estimate of drug-likeness (QED) is 0.503. The summed E-state index contributed by atoms with van der Waals surface area (Å²) in [5.74, 6) is 1.26. The van der Waals surface area contributed by atoms with Gasteiger partial charge in [0.05, 0.1) is 0 Å². The number of piperidine rings is 1. The zero-order chi connectivity index (χ0) is 20.6. The maximum atomic E-state index is 11.8. The number of guanidine groups is 1. The Morgan fingerprint density at radius 2 is 2.14 bits per heavy atom. The number of thiophene rings is 1. The van der Waals surface area contributed by atoms with Crippen molar-refractivity contribution in [2.75, 3.05) is 34.2 Å². The lowest BCUT2D eigenvalue weighted by Crippen LogP contribution is -2.44. The van der Waals surface area contributed by atoms with E-state index in [0.29, 0.717) is 24.1 Å². The summed E-state index contributed by atoms with van der Waals surface area (Å²) in [6.07, 6.45) is 2.44. The summed E-state index contributed by atoms with van der Waals surface area (Å²) < 4.78 is 0. The number of hydrogen-bond acceptors (Lipinski definition) is 4. The molecule has 156 valence electrons. The fourth-order valence-corrected chi connectivity index (χ4v) is 4.97. The van der Waals surface area contributed by atoms with Crippen LogP contribution >= 0.6 is 11.3 Å². The van der Waals surface area contributed by atoms with Gasteiger partial charge in [-0.25, -0.2) is 0 Å². The number of carbonyl (C=O) groups is 1. The summed E-state index contributed by atoms with van der Waals surface area (Å²) in [4.78, 5) is 20.1. The van der Waals surface area contributed by atoms with Gasteiger partial charge in [0.15, 0.2) is 5.96 Å². The number of nitrogens with zero attached hydrogens (tertiary/aromatic N) is 2. The monoisotopic (exact) mass is 413 g/mol. The SMILES string of the molecule is CN=C(NCc1cccc(C(=O)NC)c1)NCC1CCCN(C)C1c1cccs1. The average Bonchev–Trinajstić information content (AvgIpc) is 3.28. The van der Waals surface area contributed by atoms with Crippen molar-refractivity contribution < 1.29 is 4.79 Å². The molecule has 1 fully saturated rings. The highest BCUT2D eigenvalue weighted by molar-refractivity contribution is 7.10. The number of carbonyl (C=O) groups excluding carboxylic acids is 1. The molecular formula is C22H31N5OS. The van der Waals surface area contributed by atoms with Crippen LogP contribution in [-0.2, 0) is 6.54 Å². The lowest BCUT2D eigenvalue weighted by atomic mass is 9.88. The molecule has 3 N–H and O–H groups in total. The summed E-state index contributed by atoms with van der Waals surface area (Å²) >= 11 is 1.84. The Kier molecular flexibility index (Phi) is 7.66. The van der Waals surface area contributed by atoms with Crippen LogP contribution in [0.1, 0.15) is 39.7 Å². The minimum absolute atomic E-state index is 0.0737. The van der Waals surface area contributed by atoms with Gasteiger partial charge in [0.1, 0.15) is 0 Å². The topological polar surface area (TPSA) is 68.8 Å². The predicted octanol–water partition coefficient (Wildman–Crippen LogP) is 2.86. The van der Waals surface area contributed by atoms with Crippen molar-refractivity contribution in [1.29, 1.82) is 0 Å². The summed E-state index contributed by atoms with van der Waals surface area (Å²) in [6.45, 7) is 2.64. The number of likely N-dealkylation sites (tertiary alicyclic amines) is 1. The lowest BCUT2D eigenvalue weighted by molar-refractivity contribution is 0.0963. The minimum Gasteiger partial charge on any atom is -0.356 e. The zero-order valence-electron chi connectivity index (χ0n) is 17.4. The van der Waals surface area contributed by atoms with Crippen LogP contribution in [-0.4, -0.2) is 51.0 Å². The van der Waals surface area contributed by atoms with E-state index in [1.54, 1.807) is 14.1 Å². The molecule has 7 heteroatoms. The first kappa shape index (κ1) is 21.3.